The Morgan fingerprint density at radius 2 is 1.94 bits per heavy atom. The Bertz CT molecular complexity index is 215. The molecule has 0 aromatic heterocycles. The van der Waals surface area contributed by atoms with E-state index in [1.807, 2.05) is 0 Å². The normalized spacial score (nSPS) is 37.9. The molecule has 3 atom stereocenters. The van der Waals surface area contributed by atoms with Crippen LogP contribution in [0.5, 0.6) is 0 Å². The van der Waals surface area contributed by atoms with Crippen molar-refractivity contribution >= 4 is 0 Å². The first-order valence-electron chi connectivity index (χ1n) is 7.16. The van der Waals surface area contributed by atoms with Gasteiger partial charge < -0.3 is 5.32 Å². The van der Waals surface area contributed by atoms with Crippen molar-refractivity contribution < 1.29 is 0 Å². The molecule has 2 fully saturated rings. The highest BCUT2D eigenvalue weighted by Gasteiger charge is 2.33. The minimum atomic E-state index is 0.684. The van der Waals surface area contributed by atoms with Crippen LogP contribution in [0.25, 0.3) is 0 Å². The molecular formula is C14H28N2. The molecule has 2 rings (SSSR count). The third kappa shape index (κ3) is 2.78. The van der Waals surface area contributed by atoms with Gasteiger partial charge in [-0.25, -0.2) is 0 Å². The highest BCUT2D eigenvalue weighted by Crippen LogP contribution is 2.33. The van der Waals surface area contributed by atoms with Crippen molar-refractivity contribution in [1.29, 1.82) is 0 Å². The van der Waals surface area contributed by atoms with Gasteiger partial charge in [-0.05, 0) is 31.6 Å². The molecule has 0 aromatic carbocycles. The van der Waals surface area contributed by atoms with E-state index in [1.54, 1.807) is 0 Å². The van der Waals surface area contributed by atoms with Crippen LogP contribution in [0.4, 0.5) is 0 Å². The quantitative estimate of drug-likeness (QED) is 0.775. The summed E-state index contributed by atoms with van der Waals surface area (Å²) in [6.07, 6.45) is 5.81. The SMILES string of the molecule is CC1CN(C2CCCCC2C(C)C)CCN1. The van der Waals surface area contributed by atoms with Crippen molar-refractivity contribution in [1.82, 2.24) is 10.2 Å². The lowest BCUT2D eigenvalue weighted by atomic mass is 9.77. The Balaban J connectivity index is 1.98. The van der Waals surface area contributed by atoms with Gasteiger partial charge in [0.25, 0.3) is 0 Å². The van der Waals surface area contributed by atoms with Gasteiger partial charge in [0.1, 0.15) is 0 Å². The van der Waals surface area contributed by atoms with Crippen molar-refractivity contribution in [2.24, 2.45) is 11.8 Å². The van der Waals surface area contributed by atoms with Gasteiger partial charge in [0.15, 0.2) is 0 Å². The largest absolute Gasteiger partial charge is 0.312 e. The average molecular weight is 224 g/mol. The molecule has 94 valence electrons. The maximum atomic E-state index is 3.55. The van der Waals surface area contributed by atoms with Gasteiger partial charge >= 0.3 is 0 Å². The van der Waals surface area contributed by atoms with Crippen LogP contribution in [0.1, 0.15) is 46.5 Å². The molecule has 1 saturated heterocycles. The number of piperazine rings is 1. The smallest absolute Gasteiger partial charge is 0.0167 e. The van der Waals surface area contributed by atoms with E-state index in [-0.39, 0.29) is 0 Å². The Kier molecular flexibility index (Phi) is 4.26. The zero-order valence-corrected chi connectivity index (χ0v) is 11.2. The molecule has 0 bridgehead atoms. The first-order valence-corrected chi connectivity index (χ1v) is 7.16. The fourth-order valence-corrected chi connectivity index (χ4v) is 3.63. The second-order valence-corrected chi connectivity index (χ2v) is 6.11. The van der Waals surface area contributed by atoms with Crippen LogP contribution in [0.15, 0.2) is 0 Å². The molecule has 2 aliphatic rings. The zero-order valence-electron chi connectivity index (χ0n) is 11.2. The summed E-state index contributed by atoms with van der Waals surface area (Å²) in [5, 5.41) is 3.55. The first kappa shape index (κ1) is 12.4. The summed E-state index contributed by atoms with van der Waals surface area (Å²) in [6.45, 7) is 10.8. The lowest BCUT2D eigenvalue weighted by Gasteiger charge is -2.45. The molecule has 0 spiro atoms. The second kappa shape index (κ2) is 5.50. The predicted octanol–water partition coefficient (Wildman–Crippen LogP) is 2.49. The van der Waals surface area contributed by atoms with Crippen LogP contribution in [-0.4, -0.2) is 36.6 Å². The molecule has 1 aliphatic carbocycles. The van der Waals surface area contributed by atoms with Crippen LogP contribution in [0, 0.1) is 11.8 Å². The lowest BCUT2D eigenvalue weighted by molar-refractivity contribution is 0.0575. The highest BCUT2D eigenvalue weighted by molar-refractivity contribution is 4.88. The summed E-state index contributed by atoms with van der Waals surface area (Å²) in [7, 11) is 0. The third-order valence-electron chi connectivity index (χ3n) is 4.51. The van der Waals surface area contributed by atoms with Crippen LogP contribution in [0.3, 0.4) is 0 Å². The Labute approximate surface area is 101 Å². The molecule has 0 aromatic rings. The van der Waals surface area contributed by atoms with Gasteiger partial charge in [0.2, 0.25) is 0 Å². The predicted molar refractivity (Wildman–Crippen MR) is 69.6 cm³/mol. The average Bonchev–Trinajstić information content (AvgIpc) is 2.29. The van der Waals surface area contributed by atoms with Gasteiger partial charge in [-0.2, -0.15) is 0 Å². The van der Waals surface area contributed by atoms with Gasteiger partial charge in [-0.1, -0.05) is 26.7 Å². The highest BCUT2D eigenvalue weighted by atomic mass is 15.2. The number of hydrogen-bond donors (Lipinski definition) is 1. The maximum absolute atomic E-state index is 3.55. The van der Waals surface area contributed by atoms with Gasteiger partial charge in [0.05, 0.1) is 0 Å². The minimum absolute atomic E-state index is 0.684. The Morgan fingerprint density at radius 3 is 2.62 bits per heavy atom. The van der Waals surface area contributed by atoms with Crippen LogP contribution in [0.2, 0.25) is 0 Å². The van der Waals surface area contributed by atoms with Gasteiger partial charge in [-0.3, -0.25) is 4.90 Å². The number of rotatable bonds is 2. The van der Waals surface area contributed by atoms with Crippen molar-refractivity contribution in [3.63, 3.8) is 0 Å². The topological polar surface area (TPSA) is 15.3 Å². The zero-order chi connectivity index (χ0) is 11.5. The van der Waals surface area contributed by atoms with E-state index >= 15 is 0 Å². The summed E-state index contributed by atoms with van der Waals surface area (Å²) in [4.78, 5) is 2.77. The molecule has 2 heteroatoms. The number of hydrogen-bond acceptors (Lipinski definition) is 2. The van der Waals surface area contributed by atoms with Crippen LogP contribution < -0.4 is 5.32 Å². The fraction of sp³-hybridized carbons (Fsp3) is 1.00. The Morgan fingerprint density at radius 1 is 1.19 bits per heavy atom. The fourth-order valence-electron chi connectivity index (χ4n) is 3.63. The summed E-state index contributed by atoms with van der Waals surface area (Å²) in [5.74, 6) is 1.80. The minimum Gasteiger partial charge on any atom is -0.312 e. The number of nitrogens with zero attached hydrogens (tertiary/aromatic N) is 1. The molecule has 0 amide bonds. The Hall–Kier alpha value is -0.0800. The summed E-state index contributed by atoms with van der Waals surface area (Å²) >= 11 is 0. The standard InChI is InChI=1S/C14H28N2/c1-11(2)13-6-4-5-7-14(13)16-9-8-15-12(3)10-16/h11-15H,4-10H2,1-3H3. The van der Waals surface area contributed by atoms with Crippen LogP contribution >= 0.6 is 0 Å². The summed E-state index contributed by atoms with van der Waals surface area (Å²) in [6, 6.07) is 1.56. The van der Waals surface area contributed by atoms with E-state index in [2.05, 4.69) is 31.0 Å². The second-order valence-electron chi connectivity index (χ2n) is 6.11. The van der Waals surface area contributed by atoms with E-state index in [0.29, 0.717) is 6.04 Å². The molecular weight excluding hydrogens is 196 g/mol. The van der Waals surface area contributed by atoms with E-state index in [0.717, 1.165) is 17.9 Å². The molecule has 1 N–H and O–H groups in total. The summed E-state index contributed by atoms with van der Waals surface area (Å²) in [5.41, 5.74) is 0. The molecule has 1 aliphatic heterocycles. The van der Waals surface area contributed by atoms with E-state index < -0.39 is 0 Å². The maximum Gasteiger partial charge on any atom is 0.0167 e. The molecule has 16 heavy (non-hydrogen) atoms. The van der Waals surface area contributed by atoms with E-state index in [1.165, 1.54) is 45.3 Å². The lowest BCUT2D eigenvalue weighted by Crippen LogP contribution is -2.55. The first-order chi connectivity index (χ1) is 7.68. The molecule has 0 radical (unpaired) electrons. The third-order valence-corrected chi connectivity index (χ3v) is 4.51. The van der Waals surface area contributed by atoms with E-state index in [4.69, 9.17) is 0 Å². The monoisotopic (exact) mass is 224 g/mol. The molecule has 1 saturated carbocycles. The number of nitrogens with one attached hydrogen (secondary N) is 1. The van der Waals surface area contributed by atoms with Gasteiger partial charge in [-0.15, -0.1) is 0 Å². The molecule has 1 heterocycles. The van der Waals surface area contributed by atoms with Crippen molar-refractivity contribution in [2.45, 2.75) is 58.5 Å². The van der Waals surface area contributed by atoms with Gasteiger partial charge in [0, 0.05) is 31.7 Å². The molecule has 2 nitrogen and oxygen atoms in total. The van der Waals surface area contributed by atoms with Crippen molar-refractivity contribution in [3.8, 4) is 0 Å². The van der Waals surface area contributed by atoms with Crippen molar-refractivity contribution in [3.05, 3.63) is 0 Å². The van der Waals surface area contributed by atoms with Crippen molar-refractivity contribution in [2.75, 3.05) is 19.6 Å². The summed E-state index contributed by atoms with van der Waals surface area (Å²) < 4.78 is 0. The molecule has 3 unspecified atom stereocenters. The van der Waals surface area contributed by atoms with Crippen LogP contribution in [-0.2, 0) is 0 Å². The van der Waals surface area contributed by atoms with E-state index in [9.17, 15) is 0 Å².